The second kappa shape index (κ2) is 5.62. The summed E-state index contributed by atoms with van der Waals surface area (Å²) in [4.78, 5) is 8.90. The van der Waals surface area contributed by atoms with E-state index in [4.69, 9.17) is 4.52 Å². The van der Waals surface area contributed by atoms with Gasteiger partial charge in [-0.3, -0.25) is 0 Å². The fourth-order valence-corrected chi connectivity index (χ4v) is 2.99. The zero-order chi connectivity index (χ0) is 15.8. The summed E-state index contributed by atoms with van der Waals surface area (Å²) in [7, 11) is 0. The van der Waals surface area contributed by atoms with Crippen LogP contribution in [0.4, 0.5) is 0 Å². The number of rotatable bonds is 3. The highest BCUT2D eigenvalue weighted by Gasteiger charge is 2.14. The standard InChI is InChI=1S/C17H13BrN4O/c1-2-22-10-19-14-8-7-11(9-15(14)22)16-20-17(23-21-16)12-5-3-4-6-13(12)18/h3-10H,2H2,1H3. The van der Waals surface area contributed by atoms with Gasteiger partial charge >= 0.3 is 0 Å². The third-order valence-corrected chi connectivity index (χ3v) is 4.44. The van der Waals surface area contributed by atoms with Crippen molar-refractivity contribution in [1.82, 2.24) is 19.7 Å². The van der Waals surface area contributed by atoms with Crippen molar-refractivity contribution in [2.45, 2.75) is 13.5 Å². The van der Waals surface area contributed by atoms with E-state index in [-0.39, 0.29) is 0 Å². The minimum absolute atomic E-state index is 0.497. The fourth-order valence-electron chi connectivity index (χ4n) is 2.53. The Bertz CT molecular complexity index is 989. The van der Waals surface area contributed by atoms with Crippen molar-refractivity contribution in [3.05, 3.63) is 53.3 Å². The number of hydrogen-bond acceptors (Lipinski definition) is 4. The minimum Gasteiger partial charge on any atom is -0.334 e. The lowest BCUT2D eigenvalue weighted by Crippen LogP contribution is -1.91. The first-order valence-corrected chi connectivity index (χ1v) is 8.09. The second-order valence-corrected chi connectivity index (χ2v) is 5.99. The van der Waals surface area contributed by atoms with Gasteiger partial charge in [0.25, 0.3) is 5.89 Å². The Hall–Kier alpha value is -2.47. The van der Waals surface area contributed by atoms with E-state index in [1.165, 1.54) is 0 Å². The molecular formula is C17H13BrN4O. The van der Waals surface area contributed by atoms with E-state index in [0.29, 0.717) is 11.7 Å². The number of benzene rings is 2. The maximum absolute atomic E-state index is 5.42. The molecule has 0 saturated heterocycles. The lowest BCUT2D eigenvalue weighted by Gasteiger charge is -2.00. The molecule has 0 radical (unpaired) electrons. The highest BCUT2D eigenvalue weighted by Crippen LogP contribution is 2.29. The molecule has 0 saturated carbocycles. The van der Waals surface area contributed by atoms with Crippen molar-refractivity contribution in [3.63, 3.8) is 0 Å². The molecule has 0 spiro atoms. The molecule has 2 aromatic carbocycles. The molecule has 114 valence electrons. The molecule has 0 amide bonds. The lowest BCUT2D eigenvalue weighted by atomic mass is 10.2. The molecule has 6 heteroatoms. The van der Waals surface area contributed by atoms with Gasteiger partial charge in [0.2, 0.25) is 5.82 Å². The van der Waals surface area contributed by atoms with Gasteiger partial charge in [-0.05, 0) is 53.2 Å². The third-order valence-electron chi connectivity index (χ3n) is 3.75. The van der Waals surface area contributed by atoms with E-state index in [2.05, 4.69) is 42.5 Å². The predicted molar refractivity (Wildman–Crippen MR) is 91.8 cm³/mol. The molecule has 4 aromatic rings. The Morgan fingerprint density at radius 2 is 2.04 bits per heavy atom. The van der Waals surface area contributed by atoms with Gasteiger partial charge in [-0.1, -0.05) is 17.3 Å². The molecule has 0 unspecified atom stereocenters. The van der Waals surface area contributed by atoms with Crippen molar-refractivity contribution >= 4 is 27.0 Å². The summed E-state index contributed by atoms with van der Waals surface area (Å²) in [5, 5.41) is 4.11. The van der Waals surface area contributed by atoms with Crippen molar-refractivity contribution in [3.8, 4) is 22.8 Å². The summed E-state index contributed by atoms with van der Waals surface area (Å²) in [6.07, 6.45) is 1.84. The molecule has 0 aliphatic rings. The van der Waals surface area contributed by atoms with Gasteiger partial charge in [0.15, 0.2) is 0 Å². The molecular weight excluding hydrogens is 356 g/mol. The molecule has 0 fully saturated rings. The van der Waals surface area contributed by atoms with Crippen LogP contribution < -0.4 is 0 Å². The fraction of sp³-hybridized carbons (Fsp3) is 0.118. The summed E-state index contributed by atoms with van der Waals surface area (Å²) in [5.41, 5.74) is 3.82. The molecule has 0 aliphatic heterocycles. The SMILES string of the molecule is CCn1cnc2ccc(-c3noc(-c4ccccc4Br)n3)cc21. The number of halogens is 1. The van der Waals surface area contributed by atoms with Crippen LogP contribution in [0.5, 0.6) is 0 Å². The van der Waals surface area contributed by atoms with Crippen molar-refractivity contribution in [2.75, 3.05) is 0 Å². The quantitative estimate of drug-likeness (QED) is 0.532. The smallest absolute Gasteiger partial charge is 0.259 e. The molecule has 5 nitrogen and oxygen atoms in total. The van der Waals surface area contributed by atoms with Gasteiger partial charge < -0.3 is 9.09 Å². The van der Waals surface area contributed by atoms with E-state index in [0.717, 1.165) is 33.2 Å². The third kappa shape index (κ3) is 2.45. The van der Waals surface area contributed by atoms with Gasteiger partial charge in [-0.25, -0.2) is 4.98 Å². The first-order valence-electron chi connectivity index (χ1n) is 7.30. The highest BCUT2D eigenvalue weighted by atomic mass is 79.9. The molecule has 0 aliphatic carbocycles. The maximum Gasteiger partial charge on any atom is 0.259 e. The first-order chi connectivity index (χ1) is 11.3. The summed E-state index contributed by atoms with van der Waals surface area (Å²) >= 11 is 3.51. The van der Waals surface area contributed by atoms with Crippen LogP contribution in [0.25, 0.3) is 33.9 Å². The summed E-state index contributed by atoms with van der Waals surface area (Å²) in [6, 6.07) is 13.8. The molecule has 0 bridgehead atoms. The monoisotopic (exact) mass is 368 g/mol. The maximum atomic E-state index is 5.42. The Morgan fingerprint density at radius 3 is 2.87 bits per heavy atom. The number of aromatic nitrogens is 4. The Morgan fingerprint density at radius 1 is 1.17 bits per heavy atom. The molecule has 4 rings (SSSR count). The van der Waals surface area contributed by atoms with Crippen LogP contribution in [0.3, 0.4) is 0 Å². The Labute approximate surface area is 141 Å². The number of fused-ring (bicyclic) bond motifs is 1. The summed E-state index contributed by atoms with van der Waals surface area (Å²) < 4.78 is 8.44. The van der Waals surface area contributed by atoms with Crippen LogP contribution in [0.15, 0.2) is 57.8 Å². The Balaban J connectivity index is 1.78. The topological polar surface area (TPSA) is 56.7 Å². The molecule has 2 aromatic heterocycles. The average Bonchev–Trinajstić information content (AvgIpc) is 3.21. The lowest BCUT2D eigenvalue weighted by molar-refractivity contribution is 0.432. The minimum atomic E-state index is 0.497. The molecule has 23 heavy (non-hydrogen) atoms. The van der Waals surface area contributed by atoms with Crippen molar-refractivity contribution < 1.29 is 4.52 Å². The van der Waals surface area contributed by atoms with Gasteiger partial charge in [0.1, 0.15) is 0 Å². The summed E-state index contributed by atoms with van der Waals surface area (Å²) in [5.74, 6) is 1.07. The van der Waals surface area contributed by atoms with Gasteiger partial charge in [0.05, 0.1) is 22.9 Å². The Kier molecular flexibility index (Phi) is 3.46. The number of imidazole rings is 1. The number of hydrogen-bond donors (Lipinski definition) is 0. The first kappa shape index (κ1) is 14.1. The number of nitrogens with zero attached hydrogens (tertiary/aromatic N) is 4. The van der Waals surface area contributed by atoms with E-state index in [9.17, 15) is 0 Å². The largest absolute Gasteiger partial charge is 0.334 e. The van der Waals surface area contributed by atoms with Crippen molar-refractivity contribution in [1.29, 1.82) is 0 Å². The van der Waals surface area contributed by atoms with Crippen LogP contribution in [-0.4, -0.2) is 19.7 Å². The second-order valence-electron chi connectivity index (χ2n) is 5.14. The van der Waals surface area contributed by atoms with E-state index >= 15 is 0 Å². The molecule has 0 atom stereocenters. The van der Waals surface area contributed by atoms with E-state index < -0.39 is 0 Å². The van der Waals surface area contributed by atoms with Crippen LogP contribution in [-0.2, 0) is 6.54 Å². The van der Waals surface area contributed by atoms with Gasteiger partial charge in [0, 0.05) is 16.6 Å². The normalized spacial score (nSPS) is 11.2. The van der Waals surface area contributed by atoms with Crippen LogP contribution in [0.1, 0.15) is 6.92 Å². The number of aryl methyl sites for hydroxylation is 1. The zero-order valence-corrected chi connectivity index (χ0v) is 14.0. The van der Waals surface area contributed by atoms with E-state index in [1.54, 1.807) is 0 Å². The van der Waals surface area contributed by atoms with Crippen LogP contribution >= 0.6 is 15.9 Å². The van der Waals surface area contributed by atoms with E-state index in [1.807, 2.05) is 48.8 Å². The summed E-state index contributed by atoms with van der Waals surface area (Å²) in [6.45, 7) is 2.96. The van der Waals surface area contributed by atoms with Gasteiger partial charge in [-0.15, -0.1) is 0 Å². The molecule has 2 heterocycles. The molecule has 0 N–H and O–H groups in total. The zero-order valence-electron chi connectivity index (χ0n) is 12.4. The average molecular weight is 369 g/mol. The predicted octanol–water partition coefficient (Wildman–Crippen LogP) is 4.54. The highest BCUT2D eigenvalue weighted by molar-refractivity contribution is 9.10. The van der Waals surface area contributed by atoms with Gasteiger partial charge in [-0.2, -0.15) is 4.98 Å². The van der Waals surface area contributed by atoms with Crippen LogP contribution in [0.2, 0.25) is 0 Å². The van der Waals surface area contributed by atoms with Crippen LogP contribution in [0, 0.1) is 0 Å². The van der Waals surface area contributed by atoms with Crippen molar-refractivity contribution in [2.24, 2.45) is 0 Å².